The van der Waals surface area contributed by atoms with Crippen LogP contribution >= 0.6 is 0 Å². The fourth-order valence-corrected chi connectivity index (χ4v) is 5.19. The molecule has 0 saturated carbocycles. The van der Waals surface area contributed by atoms with Crippen LogP contribution in [-0.2, 0) is 40.0 Å². The van der Waals surface area contributed by atoms with E-state index in [0.717, 1.165) is 12.0 Å². The maximum absolute atomic E-state index is 13.7. The number of hydrogen-bond acceptors (Lipinski definition) is 10. The molecule has 0 aliphatic carbocycles. The summed E-state index contributed by atoms with van der Waals surface area (Å²) in [5.41, 5.74) is 17.0. The van der Waals surface area contributed by atoms with Gasteiger partial charge in [0.25, 0.3) is 0 Å². The summed E-state index contributed by atoms with van der Waals surface area (Å²) in [6, 6.07) is 2.53. The molecule has 259 valence electrons. The number of amides is 6. The fraction of sp³-hybridized carbons (Fsp3) is 0.581. The van der Waals surface area contributed by atoms with Crippen molar-refractivity contribution in [1.29, 1.82) is 0 Å². The molecule has 6 atom stereocenters. The summed E-state index contributed by atoms with van der Waals surface area (Å²) in [5.74, 6) is -4.96. The van der Waals surface area contributed by atoms with Crippen LogP contribution in [0.4, 0.5) is 0 Å². The lowest BCUT2D eigenvalue weighted by atomic mass is 9.99. The molecule has 47 heavy (non-hydrogen) atoms. The van der Waals surface area contributed by atoms with Crippen molar-refractivity contribution in [3.63, 3.8) is 0 Å². The number of nitrogens with zero attached hydrogens (tertiary/aromatic N) is 1. The highest BCUT2D eigenvalue weighted by Gasteiger charge is 2.36. The van der Waals surface area contributed by atoms with E-state index >= 15 is 0 Å². The molecule has 1 unspecified atom stereocenters. The standard InChI is InChI=1S/C31H47N8O8/c1-18(2)25(17-41)39(31(47)23-9-6-12-35-23)15-20(13-19-7-4-3-5-8-19)36-30(46)24(14-27(34)43)38-29(45)22(10-11-26(33)42)37-28(44)21(32)16-40/h3-5,7-8,18,20-25,35,40H,6,9-16,32H2,1-2H3,(H2,33,42)(H2,34,43)(H,36,46)(H,37,44)(H,38,45)/t20?,21-,22-,23-,24-,25+/m0/s1. The van der Waals surface area contributed by atoms with Crippen molar-refractivity contribution >= 4 is 41.7 Å². The van der Waals surface area contributed by atoms with Crippen LogP contribution in [0.1, 0.15) is 51.5 Å². The second kappa shape index (κ2) is 19.3. The Balaban J connectivity index is 2.39. The maximum atomic E-state index is 13.7. The van der Waals surface area contributed by atoms with Gasteiger partial charge in [0, 0.05) is 13.0 Å². The van der Waals surface area contributed by atoms with Crippen molar-refractivity contribution < 1.29 is 38.7 Å². The van der Waals surface area contributed by atoms with Crippen LogP contribution in [0.25, 0.3) is 0 Å². The van der Waals surface area contributed by atoms with Crippen LogP contribution in [0.5, 0.6) is 0 Å². The van der Waals surface area contributed by atoms with E-state index in [2.05, 4.69) is 21.3 Å². The highest BCUT2D eigenvalue weighted by atomic mass is 16.3. The highest BCUT2D eigenvalue weighted by molar-refractivity contribution is 5.95. The summed E-state index contributed by atoms with van der Waals surface area (Å²) < 4.78 is 0. The SMILES string of the molecule is CC(C)[C@@H]([C]=O)N(CC(Cc1ccccc1)NC(=O)[C@H](CC(N)=O)NC(=O)[C@H](CCC(N)=O)NC(=O)[C@@H](N)CO)C(=O)[C@@H]1CCCN1. The van der Waals surface area contributed by atoms with Gasteiger partial charge in [0.05, 0.1) is 25.1 Å². The fourth-order valence-electron chi connectivity index (χ4n) is 5.19. The Labute approximate surface area is 273 Å². The van der Waals surface area contributed by atoms with Gasteiger partial charge < -0.3 is 48.5 Å². The van der Waals surface area contributed by atoms with Gasteiger partial charge in [0.1, 0.15) is 24.2 Å². The first-order valence-corrected chi connectivity index (χ1v) is 15.6. The van der Waals surface area contributed by atoms with Crippen molar-refractivity contribution in [3.8, 4) is 0 Å². The highest BCUT2D eigenvalue weighted by Crippen LogP contribution is 2.17. The maximum Gasteiger partial charge on any atom is 0.243 e. The number of rotatable bonds is 20. The Morgan fingerprint density at radius 2 is 1.62 bits per heavy atom. The Hall–Kier alpha value is -4.41. The van der Waals surface area contributed by atoms with Crippen molar-refractivity contribution in [3.05, 3.63) is 35.9 Å². The number of hydrogen-bond donors (Lipinski definition) is 8. The van der Waals surface area contributed by atoms with Gasteiger partial charge in [-0.2, -0.15) is 0 Å². The van der Waals surface area contributed by atoms with Crippen molar-refractivity contribution in [2.24, 2.45) is 23.1 Å². The van der Waals surface area contributed by atoms with Crippen LogP contribution in [0.15, 0.2) is 30.3 Å². The molecule has 1 heterocycles. The van der Waals surface area contributed by atoms with Crippen LogP contribution < -0.4 is 38.5 Å². The first kappa shape index (κ1) is 38.8. The predicted octanol–water partition coefficient (Wildman–Crippen LogP) is -3.14. The molecule has 1 aliphatic heterocycles. The molecule has 0 bridgehead atoms. The van der Waals surface area contributed by atoms with E-state index in [-0.39, 0.29) is 37.6 Å². The van der Waals surface area contributed by atoms with Crippen LogP contribution in [-0.4, -0.2) is 108 Å². The molecule has 1 fully saturated rings. The van der Waals surface area contributed by atoms with E-state index in [1.54, 1.807) is 26.0 Å². The van der Waals surface area contributed by atoms with E-state index < -0.39 is 78.8 Å². The molecule has 1 radical (unpaired) electrons. The average Bonchev–Trinajstić information content (AvgIpc) is 3.57. The van der Waals surface area contributed by atoms with Gasteiger partial charge in [-0.1, -0.05) is 44.2 Å². The van der Waals surface area contributed by atoms with Crippen LogP contribution in [0.3, 0.4) is 0 Å². The van der Waals surface area contributed by atoms with Gasteiger partial charge >= 0.3 is 0 Å². The topological polar surface area (TPSA) is 269 Å². The number of nitrogens with one attached hydrogen (secondary N) is 4. The molecule has 0 aromatic heterocycles. The largest absolute Gasteiger partial charge is 0.394 e. The van der Waals surface area contributed by atoms with Gasteiger partial charge in [0.15, 0.2) is 0 Å². The Morgan fingerprint density at radius 3 is 2.15 bits per heavy atom. The normalized spacial score (nSPS) is 17.4. The van der Waals surface area contributed by atoms with Gasteiger partial charge in [-0.25, -0.2) is 0 Å². The average molecular weight is 660 g/mol. The summed E-state index contributed by atoms with van der Waals surface area (Å²) in [7, 11) is 0. The van der Waals surface area contributed by atoms with Gasteiger partial charge in [0.2, 0.25) is 41.7 Å². The molecular weight excluding hydrogens is 612 g/mol. The molecule has 1 aliphatic rings. The quantitative estimate of drug-likeness (QED) is 0.0697. The van der Waals surface area contributed by atoms with Crippen molar-refractivity contribution in [2.75, 3.05) is 19.7 Å². The summed E-state index contributed by atoms with van der Waals surface area (Å²) in [6.45, 7) is 3.39. The zero-order valence-corrected chi connectivity index (χ0v) is 26.8. The Kier molecular flexibility index (Phi) is 15.9. The number of carbonyl (C=O) groups is 6. The van der Waals surface area contributed by atoms with E-state index in [0.29, 0.717) is 13.0 Å². The number of benzene rings is 1. The Morgan fingerprint density at radius 1 is 0.979 bits per heavy atom. The van der Waals surface area contributed by atoms with Crippen LogP contribution in [0.2, 0.25) is 0 Å². The third-order valence-electron chi connectivity index (χ3n) is 7.70. The molecule has 1 aromatic carbocycles. The molecule has 16 nitrogen and oxygen atoms in total. The molecule has 11 N–H and O–H groups in total. The molecule has 2 rings (SSSR count). The zero-order chi connectivity index (χ0) is 35.1. The first-order chi connectivity index (χ1) is 22.3. The predicted molar refractivity (Wildman–Crippen MR) is 170 cm³/mol. The Bertz CT molecular complexity index is 1240. The second-order valence-electron chi connectivity index (χ2n) is 11.9. The first-order valence-electron chi connectivity index (χ1n) is 15.6. The third-order valence-corrected chi connectivity index (χ3v) is 7.70. The number of nitrogens with two attached hydrogens (primary N) is 3. The van der Waals surface area contributed by atoms with Gasteiger partial charge in [-0.3, -0.25) is 33.6 Å². The number of aliphatic hydroxyl groups is 1. The van der Waals surface area contributed by atoms with E-state index in [1.807, 2.05) is 24.5 Å². The number of primary amides is 2. The third kappa shape index (κ3) is 12.7. The summed E-state index contributed by atoms with van der Waals surface area (Å²) in [4.78, 5) is 89.9. The van der Waals surface area contributed by atoms with Gasteiger partial charge in [-0.05, 0) is 43.7 Å². The smallest absolute Gasteiger partial charge is 0.243 e. The van der Waals surface area contributed by atoms with E-state index in [4.69, 9.17) is 17.2 Å². The molecule has 16 heteroatoms. The minimum absolute atomic E-state index is 0.0939. The molecule has 1 aromatic rings. The van der Waals surface area contributed by atoms with Gasteiger partial charge in [-0.15, -0.1) is 0 Å². The summed E-state index contributed by atoms with van der Waals surface area (Å²) in [6.07, 6.45) is 2.33. The lowest BCUT2D eigenvalue weighted by Gasteiger charge is -2.36. The monoisotopic (exact) mass is 659 g/mol. The number of aliphatic hydroxyl groups excluding tert-OH is 1. The van der Waals surface area contributed by atoms with Crippen LogP contribution in [0, 0.1) is 5.92 Å². The minimum Gasteiger partial charge on any atom is -0.394 e. The molecular formula is C31H47N8O8. The summed E-state index contributed by atoms with van der Waals surface area (Å²) >= 11 is 0. The van der Waals surface area contributed by atoms with Crippen molar-refractivity contribution in [1.82, 2.24) is 26.2 Å². The lowest BCUT2D eigenvalue weighted by molar-refractivity contribution is -0.136. The van der Waals surface area contributed by atoms with E-state index in [1.165, 1.54) is 4.90 Å². The minimum atomic E-state index is -1.53. The van der Waals surface area contributed by atoms with Crippen molar-refractivity contribution in [2.45, 2.75) is 88.6 Å². The second-order valence-corrected chi connectivity index (χ2v) is 11.9. The molecule has 0 spiro atoms. The van der Waals surface area contributed by atoms with E-state index in [9.17, 15) is 38.7 Å². The summed E-state index contributed by atoms with van der Waals surface area (Å²) in [5, 5.41) is 19.9. The lowest BCUT2D eigenvalue weighted by Crippen LogP contribution is -2.60. The molecule has 1 saturated heterocycles. The molecule has 6 amide bonds. The zero-order valence-electron chi connectivity index (χ0n) is 26.8. The number of carbonyl (C=O) groups excluding carboxylic acids is 7.